The smallest absolute Gasteiger partial charge is 0.266 e. The first-order valence-corrected chi connectivity index (χ1v) is 10.8. The minimum absolute atomic E-state index is 0.0819. The van der Waals surface area contributed by atoms with Crippen molar-refractivity contribution < 1.29 is 19.1 Å². The van der Waals surface area contributed by atoms with Crippen LogP contribution in [0.25, 0.3) is 0 Å². The zero-order valence-electron chi connectivity index (χ0n) is 17.4. The van der Waals surface area contributed by atoms with Gasteiger partial charge in [-0.25, -0.2) is 4.90 Å². The molecule has 0 bridgehead atoms. The summed E-state index contributed by atoms with van der Waals surface area (Å²) in [7, 11) is 0. The first-order valence-electron chi connectivity index (χ1n) is 10.0. The number of thiocarbonyl (C=S) groups is 1. The number of carbonyl (C=O) groups is 3. The number of rotatable bonds is 5. The lowest BCUT2D eigenvalue weighted by atomic mass is 10.1. The minimum Gasteiger partial charge on any atom is -0.492 e. The average molecular weight is 480 g/mol. The number of hydrogen-bond acceptors (Lipinski definition) is 5. The fourth-order valence-electron chi connectivity index (χ4n) is 3.37. The highest BCUT2D eigenvalue weighted by Gasteiger charge is 2.36. The van der Waals surface area contributed by atoms with E-state index in [1.54, 1.807) is 60.7 Å². The summed E-state index contributed by atoms with van der Waals surface area (Å²) in [6.45, 7) is 2.30. The van der Waals surface area contributed by atoms with E-state index in [0.717, 1.165) is 4.90 Å². The molecule has 9 heteroatoms. The Morgan fingerprint density at radius 3 is 2.21 bits per heavy atom. The number of halogens is 1. The Morgan fingerprint density at radius 2 is 1.64 bits per heavy atom. The lowest BCUT2D eigenvalue weighted by Gasteiger charge is -2.15. The van der Waals surface area contributed by atoms with Crippen LogP contribution in [-0.4, -0.2) is 29.4 Å². The zero-order chi connectivity index (χ0) is 23.5. The van der Waals surface area contributed by atoms with Gasteiger partial charge < -0.3 is 10.1 Å². The van der Waals surface area contributed by atoms with Crippen molar-refractivity contribution in [2.45, 2.75) is 6.92 Å². The van der Waals surface area contributed by atoms with Crippen molar-refractivity contribution in [2.24, 2.45) is 0 Å². The molecule has 0 atom stereocenters. The largest absolute Gasteiger partial charge is 0.492 e. The van der Waals surface area contributed by atoms with Crippen LogP contribution in [0.1, 0.15) is 38.0 Å². The monoisotopic (exact) mass is 479 g/mol. The van der Waals surface area contributed by atoms with Gasteiger partial charge in [-0.1, -0.05) is 23.7 Å². The van der Waals surface area contributed by atoms with Crippen LogP contribution in [-0.2, 0) is 0 Å². The lowest BCUT2D eigenvalue weighted by Crippen LogP contribution is -2.34. The van der Waals surface area contributed by atoms with Gasteiger partial charge in [0.2, 0.25) is 0 Å². The van der Waals surface area contributed by atoms with Crippen molar-refractivity contribution in [1.29, 1.82) is 0 Å². The third-order valence-corrected chi connectivity index (χ3v) is 5.40. The molecule has 0 aromatic heterocycles. The van der Waals surface area contributed by atoms with Crippen LogP contribution in [0.2, 0.25) is 5.02 Å². The van der Waals surface area contributed by atoms with Crippen LogP contribution >= 0.6 is 23.8 Å². The zero-order valence-corrected chi connectivity index (χ0v) is 19.0. The lowest BCUT2D eigenvalue weighted by molar-refractivity contribution is 0.0923. The summed E-state index contributed by atoms with van der Waals surface area (Å²) in [6.07, 6.45) is 0. The van der Waals surface area contributed by atoms with E-state index in [9.17, 15) is 14.4 Å². The van der Waals surface area contributed by atoms with Gasteiger partial charge in [-0.15, -0.1) is 0 Å². The Hall–Kier alpha value is -3.75. The molecule has 0 spiro atoms. The van der Waals surface area contributed by atoms with Crippen molar-refractivity contribution in [1.82, 2.24) is 5.32 Å². The summed E-state index contributed by atoms with van der Waals surface area (Å²) in [4.78, 5) is 38.8. The van der Waals surface area contributed by atoms with Crippen molar-refractivity contribution in [3.63, 3.8) is 0 Å². The molecule has 1 aliphatic rings. The van der Waals surface area contributed by atoms with Gasteiger partial charge in [0.1, 0.15) is 5.75 Å². The Morgan fingerprint density at radius 1 is 1.00 bits per heavy atom. The van der Waals surface area contributed by atoms with E-state index >= 15 is 0 Å². The topological polar surface area (TPSA) is 87.7 Å². The fraction of sp³-hybridized carbons (Fsp3) is 0.0833. The molecule has 166 valence electrons. The molecule has 3 amide bonds. The second-order valence-electron chi connectivity index (χ2n) is 7.02. The molecular formula is C24H18ClN3O4S. The number of imide groups is 1. The number of fused-ring (bicyclic) bond motifs is 1. The van der Waals surface area contributed by atoms with Crippen molar-refractivity contribution in [3.05, 3.63) is 88.4 Å². The van der Waals surface area contributed by atoms with Gasteiger partial charge in [-0.3, -0.25) is 19.7 Å². The van der Waals surface area contributed by atoms with Crippen molar-refractivity contribution >= 4 is 58.0 Å². The van der Waals surface area contributed by atoms with E-state index in [1.165, 1.54) is 6.07 Å². The summed E-state index contributed by atoms with van der Waals surface area (Å²) in [5.74, 6) is -0.670. The van der Waals surface area contributed by atoms with Gasteiger partial charge in [-0.05, 0) is 73.7 Å². The number of amides is 3. The molecule has 1 heterocycles. The molecule has 7 nitrogen and oxygen atoms in total. The highest BCUT2D eigenvalue weighted by atomic mass is 35.5. The SMILES string of the molecule is CCOc1ccc(C(=O)NC(=S)Nc2ccc(N3C(=O)c4ccccc4C3=O)cc2)cc1Cl. The molecule has 3 aromatic carbocycles. The maximum atomic E-state index is 12.6. The molecule has 3 aromatic rings. The number of ether oxygens (including phenoxy) is 1. The van der Waals surface area contributed by atoms with Crippen LogP contribution in [0.15, 0.2) is 66.7 Å². The number of nitrogens with zero attached hydrogens (tertiary/aromatic N) is 1. The van der Waals surface area contributed by atoms with E-state index in [2.05, 4.69) is 10.6 Å². The highest BCUT2D eigenvalue weighted by molar-refractivity contribution is 7.80. The maximum absolute atomic E-state index is 12.6. The van der Waals surface area contributed by atoms with Crippen molar-refractivity contribution in [2.75, 3.05) is 16.8 Å². The molecule has 0 saturated heterocycles. The van der Waals surface area contributed by atoms with Crippen LogP contribution in [0.3, 0.4) is 0 Å². The van der Waals surface area contributed by atoms with Crippen LogP contribution < -0.4 is 20.3 Å². The number of carbonyl (C=O) groups excluding carboxylic acids is 3. The summed E-state index contributed by atoms with van der Waals surface area (Å²) in [5.41, 5.74) is 2.09. The Balaban J connectivity index is 1.40. The van der Waals surface area contributed by atoms with Gasteiger partial charge in [0.15, 0.2) is 5.11 Å². The number of nitrogens with one attached hydrogen (secondary N) is 2. The normalized spacial score (nSPS) is 12.4. The predicted molar refractivity (Wildman–Crippen MR) is 130 cm³/mol. The molecule has 0 saturated carbocycles. The first kappa shape index (κ1) is 22.4. The minimum atomic E-state index is -0.430. The third kappa shape index (κ3) is 4.57. The molecule has 0 aliphatic carbocycles. The number of benzene rings is 3. The van der Waals surface area contributed by atoms with Gasteiger partial charge in [0.25, 0.3) is 17.7 Å². The van der Waals surface area contributed by atoms with Crippen molar-refractivity contribution in [3.8, 4) is 5.75 Å². The Bertz CT molecular complexity index is 1240. The van der Waals surface area contributed by atoms with E-state index in [1.807, 2.05) is 6.92 Å². The quantitative estimate of drug-likeness (QED) is 0.408. The van der Waals surface area contributed by atoms with E-state index in [-0.39, 0.29) is 16.9 Å². The fourth-order valence-corrected chi connectivity index (χ4v) is 3.82. The molecule has 33 heavy (non-hydrogen) atoms. The number of hydrogen-bond donors (Lipinski definition) is 2. The summed E-state index contributed by atoms with van der Waals surface area (Å²) in [5, 5.41) is 5.89. The van der Waals surface area contributed by atoms with Gasteiger partial charge in [-0.2, -0.15) is 0 Å². The Kier molecular flexibility index (Phi) is 6.39. The van der Waals surface area contributed by atoms with E-state index < -0.39 is 5.91 Å². The van der Waals surface area contributed by atoms with Gasteiger partial charge in [0, 0.05) is 11.3 Å². The first-order chi connectivity index (χ1) is 15.9. The molecular weight excluding hydrogens is 462 g/mol. The highest BCUT2D eigenvalue weighted by Crippen LogP contribution is 2.29. The summed E-state index contributed by atoms with van der Waals surface area (Å²) < 4.78 is 5.36. The van der Waals surface area contributed by atoms with Crippen LogP contribution in [0.4, 0.5) is 11.4 Å². The molecule has 1 aliphatic heterocycles. The molecule has 0 fully saturated rings. The third-order valence-electron chi connectivity index (χ3n) is 4.90. The number of anilines is 2. The van der Waals surface area contributed by atoms with E-state index in [0.29, 0.717) is 45.4 Å². The predicted octanol–water partition coefficient (Wildman–Crippen LogP) is 4.67. The van der Waals surface area contributed by atoms with Gasteiger partial charge >= 0.3 is 0 Å². The van der Waals surface area contributed by atoms with Crippen LogP contribution in [0.5, 0.6) is 5.75 Å². The summed E-state index contributed by atoms with van der Waals surface area (Å²) >= 11 is 11.4. The molecule has 0 radical (unpaired) electrons. The standard InChI is InChI=1S/C24H18ClN3O4S/c1-2-32-20-12-7-14(13-19(20)25)21(29)27-24(33)26-15-8-10-16(11-9-15)28-22(30)17-5-3-4-6-18(17)23(28)31/h3-13H,2H2,1H3,(H2,26,27,29,33). The molecule has 0 unspecified atom stereocenters. The molecule has 2 N–H and O–H groups in total. The maximum Gasteiger partial charge on any atom is 0.266 e. The second-order valence-corrected chi connectivity index (χ2v) is 7.84. The van der Waals surface area contributed by atoms with Crippen LogP contribution in [0, 0.1) is 0 Å². The second kappa shape index (κ2) is 9.40. The van der Waals surface area contributed by atoms with Gasteiger partial charge in [0.05, 0.1) is 28.4 Å². The van der Waals surface area contributed by atoms with E-state index in [4.69, 9.17) is 28.6 Å². The Labute approximate surface area is 200 Å². The average Bonchev–Trinajstić information content (AvgIpc) is 3.06. The molecule has 4 rings (SSSR count). The summed E-state index contributed by atoms with van der Waals surface area (Å²) in [6, 6.07) is 18.0.